The maximum Gasteiger partial charge on any atom is 0.234 e. The van der Waals surface area contributed by atoms with Crippen LogP contribution in [0.15, 0.2) is 28.7 Å². The number of halogens is 1. The number of para-hydroxylation sites is 1. The molecule has 0 aromatic heterocycles. The Bertz CT molecular complexity index is 395. The summed E-state index contributed by atoms with van der Waals surface area (Å²) in [6.07, 6.45) is 0. The molecule has 1 rings (SSSR count). The predicted molar refractivity (Wildman–Crippen MR) is 68.7 cm³/mol. The van der Waals surface area contributed by atoms with Crippen molar-refractivity contribution in [2.24, 2.45) is 11.7 Å². The summed E-state index contributed by atoms with van der Waals surface area (Å²) in [5, 5.41) is 2.74. The maximum atomic E-state index is 11.6. The summed E-state index contributed by atoms with van der Waals surface area (Å²) >= 11 is 8.08. The Labute approximate surface area is 102 Å². The number of benzene rings is 1. The van der Waals surface area contributed by atoms with E-state index < -0.39 is 5.92 Å². The van der Waals surface area contributed by atoms with Gasteiger partial charge in [-0.25, -0.2) is 0 Å². The van der Waals surface area contributed by atoms with Crippen LogP contribution < -0.4 is 11.1 Å². The van der Waals surface area contributed by atoms with Crippen molar-refractivity contribution in [3.05, 3.63) is 28.7 Å². The fraction of sp³-hybridized carbons (Fsp3) is 0.200. The van der Waals surface area contributed by atoms with E-state index in [1.807, 2.05) is 18.2 Å². The highest BCUT2D eigenvalue weighted by atomic mass is 79.9. The highest BCUT2D eigenvalue weighted by Gasteiger charge is 2.16. The van der Waals surface area contributed by atoms with Gasteiger partial charge in [0.25, 0.3) is 0 Å². The largest absolute Gasteiger partial charge is 0.393 e. The molecule has 0 spiro atoms. The molecule has 1 aromatic carbocycles. The fourth-order valence-corrected chi connectivity index (χ4v) is 1.42. The van der Waals surface area contributed by atoms with Crippen molar-refractivity contribution in [2.75, 3.05) is 5.32 Å². The lowest BCUT2D eigenvalue weighted by molar-refractivity contribution is -0.117. The van der Waals surface area contributed by atoms with Crippen LogP contribution in [-0.2, 0) is 4.79 Å². The molecule has 0 saturated carbocycles. The zero-order valence-electron chi connectivity index (χ0n) is 8.16. The predicted octanol–water partition coefficient (Wildman–Crippen LogP) is 2.31. The standard InChI is InChI=1S/C10H11BrN2OS/c1-6(9(12)15)10(14)13-8-5-3-2-4-7(8)11/h2-6H,1H3,(H2,12,15)(H,13,14). The van der Waals surface area contributed by atoms with Crippen LogP contribution in [0.3, 0.4) is 0 Å². The number of nitrogens with two attached hydrogens (primary N) is 1. The number of carbonyl (C=O) groups is 1. The second-order valence-electron chi connectivity index (χ2n) is 3.09. The molecule has 0 bridgehead atoms. The summed E-state index contributed by atoms with van der Waals surface area (Å²) in [4.78, 5) is 11.8. The Morgan fingerprint density at radius 3 is 2.67 bits per heavy atom. The summed E-state index contributed by atoms with van der Waals surface area (Å²) in [5.74, 6) is -0.665. The first kappa shape index (κ1) is 12.1. The summed E-state index contributed by atoms with van der Waals surface area (Å²) in [6, 6.07) is 7.36. The number of thiocarbonyl (C=S) groups is 1. The molecule has 1 unspecified atom stereocenters. The first-order valence-electron chi connectivity index (χ1n) is 4.37. The Kier molecular flexibility index (Phi) is 4.23. The molecular formula is C10H11BrN2OS. The Morgan fingerprint density at radius 1 is 1.53 bits per heavy atom. The smallest absolute Gasteiger partial charge is 0.234 e. The molecule has 0 radical (unpaired) electrons. The van der Waals surface area contributed by atoms with Gasteiger partial charge in [-0.2, -0.15) is 0 Å². The van der Waals surface area contributed by atoms with E-state index in [1.54, 1.807) is 13.0 Å². The van der Waals surface area contributed by atoms with Gasteiger partial charge >= 0.3 is 0 Å². The van der Waals surface area contributed by atoms with Crippen molar-refractivity contribution in [1.29, 1.82) is 0 Å². The third kappa shape index (κ3) is 3.28. The van der Waals surface area contributed by atoms with Crippen LogP contribution in [0.5, 0.6) is 0 Å². The summed E-state index contributed by atoms with van der Waals surface area (Å²) in [5.41, 5.74) is 6.10. The molecule has 0 fully saturated rings. The zero-order chi connectivity index (χ0) is 11.4. The van der Waals surface area contributed by atoms with Gasteiger partial charge in [0, 0.05) is 4.47 Å². The lowest BCUT2D eigenvalue weighted by Crippen LogP contribution is -2.30. The average molecular weight is 287 g/mol. The van der Waals surface area contributed by atoms with Gasteiger partial charge in [-0.15, -0.1) is 0 Å². The Balaban J connectivity index is 2.75. The van der Waals surface area contributed by atoms with Gasteiger partial charge < -0.3 is 11.1 Å². The van der Waals surface area contributed by atoms with Gasteiger partial charge in [0.05, 0.1) is 16.6 Å². The number of nitrogens with one attached hydrogen (secondary N) is 1. The number of hydrogen-bond donors (Lipinski definition) is 2. The maximum absolute atomic E-state index is 11.6. The van der Waals surface area contributed by atoms with E-state index in [9.17, 15) is 4.79 Å². The molecule has 5 heteroatoms. The van der Waals surface area contributed by atoms with Gasteiger partial charge in [-0.05, 0) is 35.0 Å². The lowest BCUT2D eigenvalue weighted by Gasteiger charge is -2.11. The zero-order valence-corrected chi connectivity index (χ0v) is 10.6. The molecule has 0 saturated heterocycles. The average Bonchev–Trinajstić information content (AvgIpc) is 2.20. The van der Waals surface area contributed by atoms with Crippen molar-refractivity contribution in [2.45, 2.75) is 6.92 Å². The van der Waals surface area contributed by atoms with Gasteiger partial charge in [-0.1, -0.05) is 24.4 Å². The van der Waals surface area contributed by atoms with Gasteiger partial charge in [0.15, 0.2) is 0 Å². The Hall–Kier alpha value is -0.940. The first-order chi connectivity index (χ1) is 7.02. The summed E-state index contributed by atoms with van der Waals surface area (Å²) in [7, 11) is 0. The molecule has 0 aliphatic heterocycles. The molecule has 3 nitrogen and oxygen atoms in total. The van der Waals surface area contributed by atoms with Crippen LogP contribution in [0.2, 0.25) is 0 Å². The van der Waals surface area contributed by atoms with E-state index in [1.165, 1.54) is 0 Å². The van der Waals surface area contributed by atoms with Crippen LogP contribution in [-0.4, -0.2) is 10.9 Å². The third-order valence-corrected chi connectivity index (χ3v) is 3.00. The number of carbonyl (C=O) groups excluding carboxylic acids is 1. The van der Waals surface area contributed by atoms with Crippen LogP contribution in [0.25, 0.3) is 0 Å². The van der Waals surface area contributed by atoms with Crippen molar-refractivity contribution < 1.29 is 4.79 Å². The van der Waals surface area contributed by atoms with E-state index in [-0.39, 0.29) is 10.9 Å². The number of anilines is 1. The van der Waals surface area contributed by atoms with Crippen LogP contribution in [0.4, 0.5) is 5.69 Å². The van der Waals surface area contributed by atoms with E-state index >= 15 is 0 Å². The molecule has 1 amide bonds. The highest BCUT2D eigenvalue weighted by Crippen LogP contribution is 2.21. The van der Waals surface area contributed by atoms with Crippen molar-refractivity contribution >= 4 is 44.7 Å². The van der Waals surface area contributed by atoms with Crippen molar-refractivity contribution in [1.82, 2.24) is 0 Å². The van der Waals surface area contributed by atoms with E-state index in [0.29, 0.717) is 5.69 Å². The summed E-state index contributed by atoms with van der Waals surface area (Å²) < 4.78 is 0.827. The van der Waals surface area contributed by atoms with Crippen molar-refractivity contribution in [3.63, 3.8) is 0 Å². The number of amides is 1. The highest BCUT2D eigenvalue weighted by molar-refractivity contribution is 9.10. The molecule has 3 N–H and O–H groups in total. The minimum atomic E-state index is -0.466. The van der Waals surface area contributed by atoms with E-state index in [0.717, 1.165) is 4.47 Å². The Morgan fingerprint density at radius 2 is 2.13 bits per heavy atom. The molecule has 0 aliphatic rings. The number of hydrogen-bond acceptors (Lipinski definition) is 2. The molecule has 15 heavy (non-hydrogen) atoms. The molecular weight excluding hydrogens is 276 g/mol. The first-order valence-corrected chi connectivity index (χ1v) is 5.57. The SMILES string of the molecule is CC(C(=O)Nc1ccccc1Br)C(N)=S. The van der Waals surface area contributed by atoms with Crippen molar-refractivity contribution in [3.8, 4) is 0 Å². The topological polar surface area (TPSA) is 55.1 Å². The van der Waals surface area contributed by atoms with Crippen LogP contribution >= 0.6 is 28.1 Å². The molecule has 1 atom stereocenters. The number of rotatable bonds is 3. The summed E-state index contributed by atoms with van der Waals surface area (Å²) in [6.45, 7) is 1.68. The quantitative estimate of drug-likeness (QED) is 0.839. The van der Waals surface area contributed by atoms with Crippen LogP contribution in [0, 0.1) is 5.92 Å². The lowest BCUT2D eigenvalue weighted by atomic mass is 10.1. The monoisotopic (exact) mass is 286 g/mol. The second-order valence-corrected chi connectivity index (χ2v) is 4.42. The molecule has 80 valence electrons. The third-order valence-electron chi connectivity index (χ3n) is 1.95. The normalized spacial score (nSPS) is 11.9. The minimum Gasteiger partial charge on any atom is -0.393 e. The van der Waals surface area contributed by atoms with Crippen LogP contribution in [0.1, 0.15) is 6.92 Å². The molecule has 0 aliphatic carbocycles. The fourth-order valence-electron chi connectivity index (χ4n) is 0.933. The van der Waals surface area contributed by atoms with Gasteiger partial charge in [0.1, 0.15) is 0 Å². The minimum absolute atomic E-state index is 0.194. The second kappa shape index (κ2) is 5.23. The van der Waals surface area contributed by atoms with Gasteiger partial charge in [-0.3, -0.25) is 4.79 Å². The molecule has 1 aromatic rings. The van der Waals surface area contributed by atoms with E-state index in [4.69, 9.17) is 18.0 Å². The molecule has 0 heterocycles. The van der Waals surface area contributed by atoms with Gasteiger partial charge in [0.2, 0.25) is 5.91 Å². The van der Waals surface area contributed by atoms with E-state index in [2.05, 4.69) is 21.2 Å².